The monoisotopic (exact) mass is 113 g/mol. The molecule has 1 aromatic rings. The average Bonchev–Trinajstić information content (AvgIpc) is 2.14. The van der Waals surface area contributed by atoms with Crippen molar-refractivity contribution < 1.29 is 5.11 Å². The first kappa shape index (κ1) is 4.81. The first-order valence-corrected chi connectivity index (χ1v) is 2.81. The Morgan fingerprint density at radius 1 is 1.86 bits per heavy atom. The minimum atomic E-state index is 0.147. The normalized spacial score (nSPS) is 9.29. The molecule has 0 aliphatic carbocycles. The summed E-state index contributed by atoms with van der Waals surface area (Å²) >= 11 is 1.45. The minimum Gasteiger partial charge on any atom is -0.391 e. The van der Waals surface area contributed by atoms with Crippen molar-refractivity contribution in [2.24, 2.45) is 0 Å². The van der Waals surface area contributed by atoms with E-state index in [-0.39, 0.29) is 6.61 Å². The van der Waals surface area contributed by atoms with Gasteiger partial charge >= 0.3 is 0 Å². The Bertz CT molecular complexity index is 123. The van der Waals surface area contributed by atoms with Gasteiger partial charge in [0.15, 0.2) is 0 Å². The van der Waals surface area contributed by atoms with Crippen LogP contribution in [0.1, 0.15) is 4.88 Å². The standard InChI is InChI=1S/C5H5OS/c6-4-5-2-1-3-7-5/h1-2,6H,4H2. The van der Waals surface area contributed by atoms with E-state index < -0.39 is 0 Å². The zero-order chi connectivity index (χ0) is 5.11. The van der Waals surface area contributed by atoms with Gasteiger partial charge in [0.25, 0.3) is 0 Å². The molecule has 7 heavy (non-hydrogen) atoms. The van der Waals surface area contributed by atoms with Crippen molar-refractivity contribution in [3.63, 3.8) is 0 Å². The summed E-state index contributed by atoms with van der Waals surface area (Å²) < 4.78 is 0. The summed E-state index contributed by atoms with van der Waals surface area (Å²) in [4.78, 5) is 0.972. The average molecular weight is 113 g/mol. The van der Waals surface area contributed by atoms with Gasteiger partial charge in [-0.25, -0.2) is 0 Å². The van der Waals surface area contributed by atoms with Gasteiger partial charge in [-0.05, 0) is 12.1 Å². The zero-order valence-corrected chi connectivity index (χ0v) is 4.53. The number of thiophene rings is 1. The van der Waals surface area contributed by atoms with E-state index in [1.807, 2.05) is 6.07 Å². The van der Waals surface area contributed by atoms with Crippen LogP contribution in [0, 0.1) is 5.38 Å². The topological polar surface area (TPSA) is 20.2 Å². The third-order valence-corrected chi connectivity index (χ3v) is 1.46. The summed E-state index contributed by atoms with van der Waals surface area (Å²) in [6.45, 7) is 0.147. The van der Waals surface area contributed by atoms with E-state index in [0.717, 1.165) is 4.88 Å². The van der Waals surface area contributed by atoms with Crippen LogP contribution in [-0.4, -0.2) is 5.11 Å². The Labute approximate surface area is 46.2 Å². The van der Waals surface area contributed by atoms with E-state index in [1.54, 1.807) is 6.07 Å². The lowest BCUT2D eigenvalue weighted by Crippen LogP contribution is -1.69. The highest BCUT2D eigenvalue weighted by molar-refractivity contribution is 7.09. The van der Waals surface area contributed by atoms with Crippen molar-refractivity contribution in [3.05, 3.63) is 22.4 Å². The molecule has 0 amide bonds. The van der Waals surface area contributed by atoms with Crippen molar-refractivity contribution in [2.75, 3.05) is 0 Å². The van der Waals surface area contributed by atoms with Gasteiger partial charge < -0.3 is 5.11 Å². The molecule has 1 nitrogen and oxygen atoms in total. The van der Waals surface area contributed by atoms with E-state index in [1.165, 1.54) is 11.3 Å². The SMILES string of the molecule is OCc1cc[c]s1. The molecule has 1 N–H and O–H groups in total. The number of aliphatic hydroxyl groups excluding tert-OH is 1. The Morgan fingerprint density at radius 2 is 2.71 bits per heavy atom. The van der Waals surface area contributed by atoms with Crippen molar-refractivity contribution in [1.29, 1.82) is 0 Å². The van der Waals surface area contributed by atoms with Crippen LogP contribution < -0.4 is 0 Å². The van der Waals surface area contributed by atoms with Crippen LogP contribution in [0.15, 0.2) is 12.1 Å². The highest BCUT2D eigenvalue weighted by Crippen LogP contribution is 2.05. The fourth-order valence-electron chi connectivity index (χ4n) is 0.356. The fourth-order valence-corrected chi connectivity index (χ4v) is 0.844. The lowest BCUT2D eigenvalue weighted by Gasteiger charge is -1.78. The molecule has 1 heterocycles. The molecule has 1 aromatic heterocycles. The molecular formula is C5H5OS. The molecule has 2 heteroatoms. The van der Waals surface area contributed by atoms with Gasteiger partial charge in [-0.3, -0.25) is 0 Å². The maximum absolute atomic E-state index is 8.42. The highest BCUT2D eigenvalue weighted by Gasteiger charge is 1.84. The van der Waals surface area contributed by atoms with Crippen molar-refractivity contribution in [1.82, 2.24) is 0 Å². The third-order valence-electron chi connectivity index (χ3n) is 0.683. The molecular weight excluding hydrogens is 108 g/mol. The number of rotatable bonds is 1. The van der Waals surface area contributed by atoms with Crippen LogP contribution in [0.5, 0.6) is 0 Å². The van der Waals surface area contributed by atoms with Gasteiger partial charge in [-0.2, -0.15) is 0 Å². The summed E-state index contributed by atoms with van der Waals surface area (Å²) in [6.07, 6.45) is 0. The van der Waals surface area contributed by atoms with Crippen LogP contribution in [0.3, 0.4) is 0 Å². The molecule has 0 aromatic carbocycles. The Kier molecular flexibility index (Phi) is 1.44. The molecule has 0 saturated heterocycles. The van der Waals surface area contributed by atoms with E-state index in [9.17, 15) is 0 Å². The molecule has 0 aliphatic heterocycles. The largest absolute Gasteiger partial charge is 0.391 e. The molecule has 0 spiro atoms. The van der Waals surface area contributed by atoms with E-state index >= 15 is 0 Å². The van der Waals surface area contributed by atoms with E-state index in [4.69, 9.17) is 5.11 Å². The lowest BCUT2D eigenvalue weighted by molar-refractivity contribution is 0.285. The number of aliphatic hydroxyl groups is 1. The quantitative estimate of drug-likeness (QED) is 0.577. The predicted molar refractivity (Wildman–Crippen MR) is 29.1 cm³/mol. The van der Waals surface area contributed by atoms with Crippen LogP contribution in [0.2, 0.25) is 0 Å². The summed E-state index contributed by atoms with van der Waals surface area (Å²) in [5.41, 5.74) is 0. The van der Waals surface area contributed by atoms with Gasteiger partial charge in [0.2, 0.25) is 0 Å². The number of hydrogen-bond acceptors (Lipinski definition) is 2. The Morgan fingerprint density at radius 3 is 3.00 bits per heavy atom. The number of hydrogen-bond donors (Lipinski definition) is 1. The molecule has 0 bridgehead atoms. The molecule has 0 aliphatic rings. The van der Waals surface area contributed by atoms with Crippen LogP contribution in [-0.2, 0) is 6.61 Å². The fraction of sp³-hybridized carbons (Fsp3) is 0.200. The second-order valence-corrected chi connectivity index (χ2v) is 2.14. The molecule has 0 atom stereocenters. The van der Waals surface area contributed by atoms with Crippen LogP contribution >= 0.6 is 11.3 Å². The molecule has 37 valence electrons. The second-order valence-electron chi connectivity index (χ2n) is 1.18. The first-order valence-electron chi connectivity index (χ1n) is 1.99. The Hall–Kier alpha value is -0.340. The van der Waals surface area contributed by atoms with Crippen LogP contribution in [0.25, 0.3) is 0 Å². The first-order chi connectivity index (χ1) is 3.43. The summed E-state index contributed by atoms with van der Waals surface area (Å²) in [6, 6.07) is 3.65. The molecule has 0 fully saturated rings. The molecule has 1 radical (unpaired) electrons. The van der Waals surface area contributed by atoms with Gasteiger partial charge in [0, 0.05) is 10.3 Å². The highest BCUT2D eigenvalue weighted by atomic mass is 32.1. The van der Waals surface area contributed by atoms with E-state index in [2.05, 4.69) is 5.38 Å². The minimum absolute atomic E-state index is 0.147. The summed E-state index contributed by atoms with van der Waals surface area (Å²) in [5, 5.41) is 11.3. The maximum atomic E-state index is 8.42. The Balaban J connectivity index is 2.76. The third kappa shape index (κ3) is 1.01. The maximum Gasteiger partial charge on any atom is 0.0774 e. The van der Waals surface area contributed by atoms with Gasteiger partial charge in [0.1, 0.15) is 0 Å². The van der Waals surface area contributed by atoms with Crippen molar-refractivity contribution in [2.45, 2.75) is 6.61 Å². The van der Waals surface area contributed by atoms with Crippen molar-refractivity contribution in [3.8, 4) is 0 Å². The summed E-state index contributed by atoms with van der Waals surface area (Å²) in [5.74, 6) is 0. The van der Waals surface area contributed by atoms with Crippen molar-refractivity contribution >= 4 is 11.3 Å². The predicted octanol–water partition coefficient (Wildman–Crippen LogP) is 1.04. The zero-order valence-electron chi connectivity index (χ0n) is 3.72. The smallest absolute Gasteiger partial charge is 0.0774 e. The molecule has 0 saturated carbocycles. The van der Waals surface area contributed by atoms with Gasteiger partial charge in [-0.1, -0.05) is 0 Å². The second kappa shape index (κ2) is 2.09. The summed E-state index contributed by atoms with van der Waals surface area (Å²) in [7, 11) is 0. The van der Waals surface area contributed by atoms with Crippen LogP contribution in [0.4, 0.5) is 0 Å². The lowest BCUT2D eigenvalue weighted by atomic mass is 10.5. The molecule has 0 unspecified atom stereocenters. The molecule has 1 rings (SSSR count). The van der Waals surface area contributed by atoms with E-state index in [0.29, 0.717) is 0 Å². The van der Waals surface area contributed by atoms with Gasteiger partial charge in [-0.15, -0.1) is 11.3 Å². The van der Waals surface area contributed by atoms with Gasteiger partial charge in [0.05, 0.1) is 6.61 Å².